The second kappa shape index (κ2) is 8.29. The van der Waals surface area contributed by atoms with Crippen LogP contribution in [0.1, 0.15) is 52.9 Å². The zero-order chi connectivity index (χ0) is 19.4. The van der Waals surface area contributed by atoms with E-state index in [9.17, 15) is 18.4 Å². The summed E-state index contributed by atoms with van der Waals surface area (Å²) >= 11 is 0. The first-order valence-electron chi connectivity index (χ1n) is 8.96. The number of hydrogen-bond donors (Lipinski definition) is 1. The SMILES string of the molecule is C[C@H](NC(=O)COC(=O)c1cc(F)cc(F)c1)c1ccc2c(c1)CCCC2. The van der Waals surface area contributed by atoms with Crippen LogP contribution in [0.25, 0.3) is 0 Å². The van der Waals surface area contributed by atoms with Crippen molar-refractivity contribution in [1.29, 1.82) is 0 Å². The molecule has 1 N–H and O–H groups in total. The fourth-order valence-corrected chi connectivity index (χ4v) is 3.28. The lowest BCUT2D eigenvalue weighted by molar-refractivity contribution is -0.124. The number of esters is 1. The molecule has 1 amide bonds. The molecule has 2 aromatic carbocycles. The number of rotatable bonds is 5. The maximum absolute atomic E-state index is 13.1. The van der Waals surface area contributed by atoms with Crippen molar-refractivity contribution in [2.45, 2.75) is 38.6 Å². The number of ether oxygens (including phenoxy) is 1. The lowest BCUT2D eigenvalue weighted by Gasteiger charge is -2.20. The summed E-state index contributed by atoms with van der Waals surface area (Å²) in [4.78, 5) is 23.9. The molecule has 142 valence electrons. The summed E-state index contributed by atoms with van der Waals surface area (Å²) in [7, 11) is 0. The van der Waals surface area contributed by atoms with Gasteiger partial charge in [-0.15, -0.1) is 0 Å². The number of hydrogen-bond acceptors (Lipinski definition) is 3. The molecule has 0 saturated carbocycles. The van der Waals surface area contributed by atoms with Crippen LogP contribution < -0.4 is 5.32 Å². The number of nitrogens with one attached hydrogen (secondary N) is 1. The minimum atomic E-state index is -0.954. The van der Waals surface area contributed by atoms with Gasteiger partial charge in [0.1, 0.15) is 11.6 Å². The largest absolute Gasteiger partial charge is 0.452 e. The molecular weight excluding hydrogens is 352 g/mol. The van der Waals surface area contributed by atoms with Gasteiger partial charge in [-0.05, 0) is 61.4 Å². The molecule has 0 bridgehead atoms. The van der Waals surface area contributed by atoms with Gasteiger partial charge >= 0.3 is 5.97 Å². The Kier molecular flexibility index (Phi) is 5.84. The first-order chi connectivity index (χ1) is 12.9. The van der Waals surface area contributed by atoms with E-state index in [0.717, 1.165) is 30.5 Å². The zero-order valence-corrected chi connectivity index (χ0v) is 15.1. The molecule has 1 aliphatic rings. The molecule has 1 atom stereocenters. The van der Waals surface area contributed by atoms with E-state index in [1.807, 2.05) is 13.0 Å². The molecule has 0 unspecified atom stereocenters. The zero-order valence-electron chi connectivity index (χ0n) is 15.1. The number of aryl methyl sites for hydroxylation is 2. The van der Waals surface area contributed by atoms with Crippen LogP contribution in [0.15, 0.2) is 36.4 Å². The van der Waals surface area contributed by atoms with Crippen LogP contribution in [0.4, 0.5) is 8.78 Å². The Morgan fingerprint density at radius 3 is 2.41 bits per heavy atom. The van der Waals surface area contributed by atoms with Gasteiger partial charge in [-0.25, -0.2) is 13.6 Å². The van der Waals surface area contributed by atoms with Crippen molar-refractivity contribution in [3.8, 4) is 0 Å². The highest BCUT2D eigenvalue weighted by Crippen LogP contribution is 2.24. The second-order valence-corrected chi connectivity index (χ2v) is 6.76. The van der Waals surface area contributed by atoms with Crippen molar-refractivity contribution in [1.82, 2.24) is 5.32 Å². The van der Waals surface area contributed by atoms with Crippen LogP contribution >= 0.6 is 0 Å². The summed E-state index contributed by atoms with van der Waals surface area (Å²) in [6, 6.07) is 8.35. The Morgan fingerprint density at radius 1 is 1.04 bits per heavy atom. The maximum Gasteiger partial charge on any atom is 0.338 e. The van der Waals surface area contributed by atoms with Gasteiger partial charge in [0.15, 0.2) is 6.61 Å². The van der Waals surface area contributed by atoms with E-state index in [0.29, 0.717) is 6.07 Å². The average molecular weight is 373 g/mol. The Labute approximate surface area is 156 Å². The van der Waals surface area contributed by atoms with Crippen LogP contribution in [-0.2, 0) is 22.4 Å². The highest BCUT2D eigenvalue weighted by atomic mass is 19.1. The number of halogens is 2. The molecule has 4 nitrogen and oxygen atoms in total. The third-order valence-corrected chi connectivity index (χ3v) is 4.68. The molecule has 1 aliphatic carbocycles. The van der Waals surface area contributed by atoms with Crippen molar-refractivity contribution < 1.29 is 23.1 Å². The number of carbonyl (C=O) groups excluding carboxylic acids is 2. The molecule has 6 heteroatoms. The molecule has 0 aromatic heterocycles. The van der Waals surface area contributed by atoms with E-state index in [4.69, 9.17) is 4.74 Å². The molecule has 0 spiro atoms. The van der Waals surface area contributed by atoms with Crippen molar-refractivity contribution in [3.05, 3.63) is 70.3 Å². The Balaban J connectivity index is 1.55. The smallest absolute Gasteiger partial charge is 0.338 e. The van der Waals surface area contributed by atoms with Gasteiger partial charge in [0.2, 0.25) is 0 Å². The van der Waals surface area contributed by atoms with Gasteiger partial charge in [-0.2, -0.15) is 0 Å². The van der Waals surface area contributed by atoms with Crippen LogP contribution in [0.3, 0.4) is 0 Å². The minimum absolute atomic E-state index is 0.241. The molecule has 0 saturated heterocycles. The summed E-state index contributed by atoms with van der Waals surface area (Å²) in [6.45, 7) is 1.33. The fourth-order valence-electron chi connectivity index (χ4n) is 3.28. The molecular formula is C21H21F2NO3. The van der Waals surface area contributed by atoms with E-state index in [-0.39, 0.29) is 11.6 Å². The Morgan fingerprint density at radius 2 is 1.70 bits per heavy atom. The van der Waals surface area contributed by atoms with Gasteiger partial charge in [-0.1, -0.05) is 18.2 Å². The lowest BCUT2D eigenvalue weighted by Crippen LogP contribution is -2.31. The van der Waals surface area contributed by atoms with E-state index < -0.39 is 30.1 Å². The predicted molar refractivity (Wildman–Crippen MR) is 96.3 cm³/mol. The third-order valence-electron chi connectivity index (χ3n) is 4.68. The van der Waals surface area contributed by atoms with Crippen LogP contribution in [0, 0.1) is 11.6 Å². The molecule has 0 aliphatic heterocycles. The average Bonchev–Trinajstić information content (AvgIpc) is 2.64. The second-order valence-electron chi connectivity index (χ2n) is 6.76. The van der Waals surface area contributed by atoms with Crippen LogP contribution in [0.5, 0.6) is 0 Å². The van der Waals surface area contributed by atoms with Gasteiger partial charge < -0.3 is 10.1 Å². The number of amides is 1. The minimum Gasteiger partial charge on any atom is -0.452 e. The molecule has 27 heavy (non-hydrogen) atoms. The lowest BCUT2D eigenvalue weighted by atomic mass is 9.89. The molecule has 2 aromatic rings. The first kappa shape index (κ1) is 19.0. The highest BCUT2D eigenvalue weighted by Gasteiger charge is 2.16. The Hall–Kier alpha value is -2.76. The van der Waals surface area contributed by atoms with Gasteiger partial charge in [0, 0.05) is 6.07 Å². The van der Waals surface area contributed by atoms with E-state index >= 15 is 0 Å². The first-order valence-corrected chi connectivity index (χ1v) is 8.96. The van der Waals surface area contributed by atoms with E-state index in [1.54, 1.807) is 0 Å². The summed E-state index contributed by atoms with van der Waals surface area (Å²) in [5.74, 6) is -3.20. The van der Waals surface area contributed by atoms with Crippen LogP contribution in [-0.4, -0.2) is 18.5 Å². The maximum atomic E-state index is 13.1. The Bertz CT molecular complexity index is 846. The van der Waals surface area contributed by atoms with Crippen molar-refractivity contribution in [2.24, 2.45) is 0 Å². The van der Waals surface area contributed by atoms with Crippen molar-refractivity contribution >= 4 is 11.9 Å². The molecule has 0 fully saturated rings. The quantitative estimate of drug-likeness (QED) is 0.810. The van der Waals surface area contributed by atoms with Gasteiger partial charge in [0.05, 0.1) is 11.6 Å². The normalized spacial score (nSPS) is 14.2. The summed E-state index contributed by atoms with van der Waals surface area (Å²) in [5, 5.41) is 2.77. The highest BCUT2D eigenvalue weighted by molar-refractivity contribution is 5.91. The summed E-state index contributed by atoms with van der Waals surface area (Å²) < 4.78 is 31.1. The third kappa shape index (κ3) is 4.90. The van der Waals surface area contributed by atoms with Crippen molar-refractivity contribution in [3.63, 3.8) is 0 Å². The predicted octanol–water partition coefficient (Wildman–Crippen LogP) is 3.88. The summed E-state index contributed by atoms with van der Waals surface area (Å²) in [5.41, 5.74) is 3.39. The number of carbonyl (C=O) groups is 2. The topological polar surface area (TPSA) is 55.4 Å². The standard InChI is InChI=1S/C21H21F2NO3/c1-13(15-7-6-14-4-2-3-5-16(14)8-15)24-20(25)12-27-21(26)17-9-18(22)11-19(23)10-17/h6-11,13H,2-5,12H2,1H3,(H,24,25)/t13-/m0/s1. The monoisotopic (exact) mass is 373 g/mol. The van der Waals surface area contributed by atoms with Gasteiger partial charge in [0.25, 0.3) is 5.91 Å². The fraction of sp³-hybridized carbons (Fsp3) is 0.333. The molecule has 0 radical (unpaired) electrons. The van der Waals surface area contributed by atoms with Gasteiger partial charge in [-0.3, -0.25) is 4.79 Å². The number of fused-ring (bicyclic) bond motifs is 1. The summed E-state index contributed by atoms with van der Waals surface area (Å²) in [6.07, 6.45) is 4.52. The van der Waals surface area contributed by atoms with Crippen LogP contribution in [0.2, 0.25) is 0 Å². The number of benzene rings is 2. The van der Waals surface area contributed by atoms with Crippen molar-refractivity contribution in [2.75, 3.05) is 6.61 Å². The van der Waals surface area contributed by atoms with E-state index in [2.05, 4.69) is 17.4 Å². The van der Waals surface area contributed by atoms with E-state index in [1.165, 1.54) is 24.0 Å². The molecule has 0 heterocycles. The molecule has 3 rings (SSSR count).